The summed E-state index contributed by atoms with van der Waals surface area (Å²) in [6.45, 7) is 6.50. The van der Waals surface area contributed by atoms with Crippen LogP contribution in [0.1, 0.15) is 84.6 Å². The molecule has 5 aromatic heterocycles. The van der Waals surface area contributed by atoms with E-state index in [4.69, 9.17) is 25.7 Å². The van der Waals surface area contributed by atoms with Gasteiger partial charge in [0.05, 0.1) is 38.5 Å². The Balaban J connectivity index is 0.000000155. The predicted octanol–water partition coefficient (Wildman–Crippen LogP) is 7.80. The zero-order chi connectivity index (χ0) is 48.3. The van der Waals surface area contributed by atoms with E-state index in [-0.39, 0.29) is 17.5 Å². The summed E-state index contributed by atoms with van der Waals surface area (Å²) in [5.41, 5.74) is 24.9. The topological polar surface area (TPSA) is 217 Å². The number of hydrogen-bond donors (Lipinski definition) is 4. The van der Waals surface area contributed by atoms with Gasteiger partial charge in [-0.2, -0.15) is 25.0 Å². The average Bonchev–Trinajstić information content (AvgIpc) is 4.06. The fourth-order valence-corrected chi connectivity index (χ4v) is 9.75. The first kappa shape index (κ1) is 45.8. The second-order valence-electron chi connectivity index (χ2n) is 18.8. The van der Waals surface area contributed by atoms with Crippen LogP contribution in [0.3, 0.4) is 0 Å². The van der Waals surface area contributed by atoms with Crippen LogP contribution in [0.4, 0.5) is 11.6 Å². The van der Waals surface area contributed by atoms with Crippen molar-refractivity contribution in [3.8, 4) is 34.3 Å². The van der Waals surface area contributed by atoms with Crippen LogP contribution >= 0.6 is 0 Å². The van der Waals surface area contributed by atoms with E-state index in [1.807, 2.05) is 13.1 Å². The van der Waals surface area contributed by atoms with E-state index in [0.717, 1.165) is 80.8 Å². The number of nitrogens with zero attached hydrogens (tertiary/aromatic N) is 9. The molecule has 0 amide bonds. The number of nitrogens with one attached hydrogen (secondary N) is 2. The molecule has 3 aromatic carbocycles. The molecule has 1 aliphatic carbocycles. The SMILES string of the molecule is Cc1nc2c(N)nc3nc2n1Cc1ccc(-c2ccc(CNC4CCOCC4)cc2)c(c1)C/C=C\CCO3.Nc1nc2nc3c1[nH]c(=O)n3Cc1ccc(-c3cnn(C4CCC4)c3)c(c1)C/C=C/CCO2. The Morgan fingerprint density at radius 1 is 0.704 bits per heavy atom. The van der Waals surface area contributed by atoms with Crippen molar-refractivity contribution in [2.45, 2.75) is 96.4 Å². The van der Waals surface area contributed by atoms with E-state index >= 15 is 0 Å². The van der Waals surface area contributed by atoms with Gasteiger partial charge in [-0.05, 0) is 109 Å². The van der Waals surface area contributed by atoms with Gasteiger partial charge in [-0.25, -0.2) is 9.78 Å². The molecule has 8 aromatic rings. The molecule has 0 radical (unpaired) electrons. The van der Waals surface area contributed by atoms with E-state index in [2.05, 4.69) is 141 Å². The second-order valence-corrected chi connectivity index (χ2v) is 18.8. The van der Waals surface area contributed by atoms with Gasteiger partial charge in [0.1, 0.15) is 11.3 Å². The molecule has 1 saturated carbocycles. The Morgan fingerprint density at radius 3 is 2.03 bits per heavy atom. The molecule has 17 nitrogen and oxygen atoms in total. The van der Waals surface area contributed by atoms with Crippen LogP contribution in [0.25, 0.3) is 44.6 Å². The summed E-state index contributed by atoms with van der Waals surface area (Å²) in [4.78, 5) is 37.7. The highest BCUT2D eigenvalue weighted by Crippen LogP contribution is 2.34. The first-order valence-corrected chi connectivity index (χ1v) is 24.8. The molecule has 8 heterocycles. The van der Waals surface area contributed by atoms with Gasteiger partial charge in [-0.3, -0.25) is 9.25 Å². The number of nitrogen functional groups attached to an aromatic ring is 2. The van der Waals surface area contributed by atoms with E-state index in [1.165, 1.54) is 52.6 Å². The smallest absolute Gasteiger partial charge is 0.328 e. The number of aromatic nitrogens is 10. The molecule has 0 unspecified atom stereocenters. The molecule has 1 saturated heterocycles. The number of aromatic amines is 1. The molecule has 6 N–H and O–H groups in total. The van der Waals surface area contributed by atoms with Crippen LogP contribution in [0, 0.1) is 6.92 Å². The standard InChI is InChI=1S/C30H34N6O2.C24H25N7O2/c1-20-33-27-28(31)34-30-35-29(27)36(20)19-22-8-11-26(24(17-22)5-3-2-4-14-38-30)23-9-6-21(7-10-23)18-32-25-12-15-37-16-13-25;25-21-20-22-29-23(28-21)33-10-3-1-2-5-16-11-15(13-30(22)24(32)27-20)8-9-19(16)17-12-26-31(14-17)18-6-4-7-18/h2-3,6-11,17,25,32H,4-5,12-16,18-19H2,1H3,(H2,31,34,35);1-2,8-9,11-12,14,18H,3-7,10,13H2,(H,27,32)(H2,25,28,29)/b3-2-;2-1+. The molecule has 17 heteroatoms. The Kier molecular flexibility index (Phi) is 13.1. The lowest BCUT2D eigenvalue weighted by molar-refractivity contribution is 0.0776. The van der Waals surface area contributed by atoms with Gasteiger partial charge in [-0.1, -0.05) is 85.0 Å². The summed E-state index contributed by atoms with van der Waals surface area (Å²) in [5.74, 6) is 1.39. The maximum atomic E-state index is 12.7. The van der Waals surface area contributed by atoms with Gasteiger partial charge < -0.3 is 40.5 Å². The zero-order valence-corrected chi connectivity index (χ0v) is 40.0. The number of benzene rings is 3. The first-order valence-electron chi connectivity index (χ1n) is 24.8. The summed E-state index contributed by atoms with van der Waals surface area (Å²) in [5, 5.41) is 8.29. The third kappa shape index (κ3) is 10.1. The van der Waals surface area contributed by atoms with Gasteiger partial charge in [0, 0.05) is 37.6 Å². The van der Waals surface area contributed by atoms with Crippen LogP contribution in [0.5, 0.6) is 12.0 Å². The maximum absolute atomic E-state index is 12.7. The summed E-state index contributed by atoms with van der Waals surface area (Å²) in [6.07, 6.45) is 21.7. The minimum Gasteiger partial charge on any atom is -0.463 e. The van der Waals surface area contributed by atoms with Crippen LogP contribution in [-0.4, -0.2) is 81.3 Å². The van der Waals surface area contributed by atoms with Crippen molar-refractivity contribution in [2.75, 3.05) is 37.9 Å². The number of anilines is 2. The van der Waals surface area contributed by atoms with Crippen molar-refractivity contribution >= 4 is 34.0 Å². The molecule has 3 aliphatic heterocycles. The summed E-state index contributed by atoms with van der Waals surface area (Å²) < 4.78 is 22.7. The van der Waals surface area contributed by atoms with Crippen molar-refractivity contribution < 1.29 is 14.2 Å². The summed E-state index contributed by atoms with van der Waals surface area (Å²) in [6, 6.07) is 23.6. The number of rotatable bonds is 6. The number of fused-ring (bicyclic) bond motifs is 6. The van der Waals surface area contributed by atoms with Crippen molar-refractivity contribution in [1.29, 1.82) is 0 Å². The summed E-state index contributed by atoms with van der Waals surface area (Å²) >= 11 is 0. The monoisotopic (exact) mass is 953 g/mol. The highest BCUT2D eigenvalue weighted by Gasteiger charge is 2.22. The minimum atomic E-state index is -0.275. The summed E-state index contributed by atoms with van der Waals surface area (Å²) in [7, 11) is 0. The normalized spacial score (nSPS) is 17.4. The lowest BCUT2D eigenvalue weighted by atomic mass is 9.93. The number of aryl methyl sites for hydroxylation is 1. The number of hydrogen-bond acceptors (Lipinski definition) is 13. The predicted molar refractivity (Wildman–Crippen MR) is 274 cm³/mol. The first-order chi connectivity index (χ1) is 34.8. The third-order valence-corrected chi connectivity index (χ3v) is 13.9. The van der Waals surface area contributed by atoms with Crippen LogP contribution in [0.2, 0.25) is 0 Å². The number of ether oxygens (including phenoxy) is 3. The second kappa shape index (κ2) is 20.4. The molecule has 0 spiro atoms. The van der Waals surface area contributed by atoms with E-state index < -0.39 is 0 Å². The average molecular weight is 954 g/mol. The highest BCUT2D eigenvalue weighted by molar-refractivity contribution is 5.83. The van der Waals surface area contributed by atoms with Crippen molar-refractivity contribution in [1.82, 2.24) is 54.1 Å². The van der Waals surface area contributed by atoms with Crippen LogP contribution in [0.15, 0.2) is 102 Å². The molecule has 2 fully saturated rings. The molecule has 4 aliphatic rings. The maximum Gasteiger partial charge on any atom is 0.328 e. The molecule has 12 rings (SSSR count). The highest BCUT2D eigenvalue weighted by atomic mass is 16.5. The fourth-order valence-electron chi connectivity index (χ4n) is 9.75. The Morgan fingerprint density at radius 2 is 1.35 bits per heavy atom. The Hall–Kier alpha value is -7.63. The number of imidazole rings is 2. The molecule has 0 atom stereocenters. The molecule has 8 bridgehead atoms. The third-order valence-electron chi connectivity index (χ3n) is 13.9. The lowest BCUT2D eigenvalue weighted by Gasteiger charge is -2.25. The Labute approximate surface area is 411 Å². The van der Waals surface area contributed by atoms with Gasteiger partial charge in [0.15, 0.2) is 28.4 Å². The zero-order valence-electron chi connectivity index (χ0n) is 40.0. The van der Waals surface area contributed by atoms with Crippen molar-refractivity contribution in [2.24, 2.45) is 0 Å². The molecule has 71 heavy (non-hydrogen) atoms. The minimum absolute atomic E-state index is 0.178. The Bertz CT molecular complexity index is 3320. The van der Waals surface area contributed by atoms with Crippen molar-refractivity contribution in [3.05, 3.63) is 141 Å². The lowest BCUT2D eigenvalue weighted by Crippen LogP contribution is -2.34. The van der Waals surface area contributed by atoms with Gasteiger partial charge in [-0.15, -0.1) is 0 Å². The van der Waals surface area contributed by atoms with E-state index in [9.17, 15) is 4.79 Å². The van der Waals surface area contributed by atoms with Crippen LogP contribution in [-0.2, 0) is 37.2 Å². The van der Waals surface area contributed by atoms with Gasteiger partial charge >= 0.3 is 17.7 Å². The van der Waals surface area contributed by atoms with Crippen molar-refractivity contribution in [3.63, 3.8) is 0 Å². The van der Waals surface area contributed by atoms with Crippen LogP contribution < -0.4 is 31.9 Å². The largest absolute Gasteiger partial charge is 0.463 e. The number of H-pyrrole nitrogens is 1. The fraction of sp³-hybridized carbons (Fsp3) is 0.352. The quantitative estimate of drug-likeness (QED) is 0.117. The molecular formula is C54H59N13O4. The van der Waals surface area contributed by atoms with Gasteiger partial charge in [0.2, 0.25) is 0 Å². The number of nitrogens with two attached hydrogens (primary N) is 2. The number of allylic oxidation sites excluding steroid dienone is 2. The molecular weight excluding hydrogens is 895 g/mol. The van der Waals surface area contributed by atoms with E-state index in [1.54, 1.807) is 4.57 Å². The van der Waals surface area contributed by atoms with E-state index in [0.29, 0.717) is 72.5 Å². The molecule has 364 valence electrons. The van der Waals surface area contributed by atoms with Gasteiger partial charge in [0.25, 0.3) is 0 Å².